The van der Waals surface area contributed by atoms with Gasteiger partial charge < -0.3 is 14.5 Å². The first-order chi connectivity index (χ1) is 11.3. The normalized spacial score (nSPS) is 26.9. The van der Waals surface area contributed by atoms with Crippen molar-refractivity contribution in [2.45, 2.75) is 37.8 Å². The number of furan rings is 1. The summed E-state index contributed by atoms with van der Waals surface area (Å²) in [7, 11) is 0. The molecule has 2 bridgehead atoms. The Morgan fingerprint density at radius 1 is 0.957 bits per heavy atom. The summed E-state index contributed by atoms with van der Waals surface area (Å²) in [6, 6.07) is 15.8. The molecule has 2 aliphatic rings. The Balaban J connectivity index is 1.37. The van der Waals surface area contributed by atoms with Gasteiger partial charge in [-0.1, -0.05) is 18.2 Å². The molecule has 2 fully saturated rings. The number of hydrogen-bond acceptors (Lipinski definition) is 3. The highest BCUT2D eigenvalue weighted by Gasteiger charge is 2.33. The van der Waals surface area contributed by atoms with Crippen LogP contribution in [0.25, 0.3) is 21.9 Å². The van der Waals surface area contributed by atoms with Gasteiger partial charge in [0.05, 0.1) is 6.61 Å². The summed E-state index contributed by atoms with van der Waals surface area (Å²) in [4.78, 5) is 0. The molecule has 118 valence electrons. The van der Waals surface area contributed by atoms with E-state index >= 15 is 0 Å². The minimum atomic E-state index is 0.686. The molecular formula is C20H21NO2. The summed E-state index contributed by atoms with van der Waals surface area (Å²) in [5.74, 6) is 1.64. The lowest BCUT2D eigenvalue weighted by molar-refractivity contribution is 0.190. The van der Waals surface area contributed by atoms with Crippen LogP contribution in [0.3, 0.4) is 0 Å². The van der Waals surface area contributed by atoms with Gasteiger partial charge in [-0.2, -0.15) is 0 Å². The van der Waals surface area contributed by atoms with Gasteiger partial charge in [-0.25, -0.2) is 0 Å². The number of piperidine rings is 1. The molecule has 5 rings (SSSR count). The number of hydrogen-bond donors (Lipinski definition) is 1. The molecule has 0 aliphatic carbocycles. The number of fused-ring (bicyclic) bond motifs is 5. The Hall–Kier alpha value is -2.00. The maximum atomic E-state index is 6.13. The first kappa shape index (κ1) is 13.4. The number of rotatable bonds is 3. The molecule has 3 heterocycles. The second-order valence-corrected chi connectivity index (χ2v) is 7.04. The van der Waals surface area contributed by atoms with Crippen molar-refractivity contribution in [2.24, 2.45) is 5.92 Å². The summed E-state index contributed by atoms with van der Waals surface area (Å²) in [6.07, 6.45) is 5.20. The van der Waals surface area contributed by atoms with Crippen LogP contribution in [-0.4, -0.2) is 18.7 Å². The third-order valence-corrected chi connectivity index (χ3v) is 5.40. The van der Waals surface area contributed by atoms with Crippen molar-refractivity contribution in [3.8, 4) is 5.75 Å². The fourth-order valence-corrected chi connectivity index (χ4v) is 4.32. The van der Waals surface area contributed by atoms with Crippen LogP contribution in [0, 0.1) is 5.92 Å². The molecule has 1 aromatic heterocycles. The van der Waals surface area contributed by atoms with Gasteiger partial charge in [0.1, 0.15) is 16.9 Å². The molecule has 0 radical (unpaired) electrons. The van der Waals surface area contributed by atoms with Crippen molar-refractivity contribution in [2.75, 3.05) is 6.61 Å². The quantitative estimate of drug-likeness (QED) is 0.774. The van der Waals surface area contributed by atoms with Crippen molar-refractivity contribution in [1.82, 2.24) is 5.32 Å². The van der Waals surface area contributed by atoms with Crippen LogP contribution in [-0.2, 0) is 0 Å². The first-order valence-electron chi connectivity index (χ1n) is 8.65. The van der Waals surface area contributed by atoms with Crippen LogP contribution in [0.1, 0.15) is 25.7 Å². The van der Waals surface area contributed by atoms with E-state index in [-0.39, 0.29) is 0 Å². The van der Waals surface area contributed by atoms with Crippen molar-refractivity contribution in [3.63, 3.8) is 0 Å². The third kappa shape index (κ3) is 2.40. The maximum Gasteiger partial charge on any atom is 0.135 e. The predicted molar refractivity (Wildman–Crippen MR) is 91.9 cm³/mol. The monoisotopic (exact) mass is 307 g/mol. The van der Waals surface area contributed by atoms with Crippen molar-refractivity contribution in [1.29, 1.82) is 0 Å². The molecule has 1 N–H and O–H groups in total. The molecule has 1 unspecified atom stereocenters. The lowest BCUT2D eigenvalue weighted by Crippen LogP contribution is -2.39. The minimum absolute atomic E-state index is 0.686. The van der Waals surface area contributed by atoms with Gasteiger partial charge in [0.25, 0.3) is 0 Å². The second-order valence-electron chi connectivity index (χ2n) is 7.04. The summed E-state index contributed by atoms with van der Waals surface area (Å²) in [6.45, 7) is 0.829. The highest BCUT2D eigenvalue weighted by Crippen LogP contribution is 2.33. The third-order valence-electron chi connectivity index (χ3n) is 5.40. The standard InChI is InChI=1S/C20H21NO2/c1-2-4-19-17(3-1)18-11-16(7-8-20(18)23-19)22-12-13-9-14-5-6-15(10-13)21-14/h1-4,7-8,11,13-15,21H,5-6,9-10,12H2/t13?,14-,15+. The van der Waals surface area contributed by atoms with E-state index in [0.717, 1.165) is 46.4 Å². The average Bonchev–Trinajstić information content (AvgIpc) is 3.12. The molecule has 2 aromatic carbocycles. The summed E-state index contributed by atoms with van der Waals surface area (Å²) in [5, 5.41) is 5.99. The second kappa shape index (κ2) is 5.27. The Bertz CT molecular complexity index is 841. The highest BCUT2D eigenvalue weighted by atomic mass is 16.5. The smallest absolute Gasteiger partial charge is 0.135 e. The number of para-hydroxylation sites is 1. The first-order valence-corrected chi connectivity index (χ1v) is 8.65. The molecule has 2 saturated heterocycles. The van der Waals surface area contributed by atoms with Crippen LogP contribution in [0.2, 0.25) is 0 Å². The van der Waals surface area contributed by atoms with Crippen molar-refractivity contribution < 1.29 is 9.15 Å². The highest BCUT2D eigenvalue weighted by molar-refractivity contribution is 6.05. The van der Waals surface area contributed by atoms with E-state index in [2.05, 4.69) is 23.5 Å². The molecular weight excluding hydrogens is 286 g/mol. The van der Waals surface area contributed by atoms with E-state index in [0.29, 0.717) is 5.92 Å². The predicted octanol–water partition coefficient (Wildman–Crippen LogP) is 4.50. The van der Waals surface area contributed by atoms with Gasteiger partial charge in [0.2, 0.25) is 0 Å². The van der Waals surface area contributed by atoms with Gasteiger partial charge in [-0.3, -0.25) is 0 Å². The van der Waals surface area contributed by atoms with E-state index in [1.54, 1.807) is 0 Å². The molecule has 0 amide bonds. The molecule has 23 heavy (non-hydrogen) atoms. The van der Waals surface area contributed by atoms with Gasteiger partial charge in [-0.05, 0) is 55.9 Å². The number of benzene rings is 2. The van der Waals surface area contributed by atoms with Crippen LogP contribution in [0.4, 0.5) is 0 Å². The van der Waals surface area contributed by atoms with E-state index in [1.165, 1.54) is 25.7 Å². The Morgan fingerprint density at radius 2 is 1.74 bits per heavy atom. The van der Waals surface area contributed by atoms with E-state index in [4.69, 9.17) is 9.15 Å². The zero-order valence-corrected chi connectivity index (χ0v) is 13.1. The van der Waals surface area contributed by atoms with Crippen molar-refractivity contribution in [3.05, 3.63) is 42.5 Å². The zero-order chi connectivity index (χ0) is 15.2. The largest absolute Gasteiger partial charge is 0.493 e. The summed E-state index contributed by atoms with van der Waals surface area (Å²) in [5.41, 5.74) is 1.87. The van der Waals surface area contributed by atoms with Gasteiger partial charge >= 0.3 is 0 Å². The molecule has 2 aliphatic heterocycles. The molecule has 3 aromatic rings. The van der Waals surface area contributed by atoms with E-state index < -0.39 is 0 Å². The van der Waals surface area contributed by atoms with E-state index in [9.17, 15) is 0 Å². The summed E-state index contributed by atoms with van der Waals surface area (Å²) < 4.78 is 12.0. The Morgan fingerprint density at radius 3 is 2.61 bits per heavy atom. The lowest BCUT2D eigenvalue weighted by Gasteiger charge is -2.28. The van der Waals surface area contributed by atoms with Crippen LogP contribution in [0.15, 0.2) is 46.9 Å². The molecule has 3 nitrogen and oxygen atoms in total. The van der Waals surface area contributed by atoms with Crippen LogP contribution >= 0.6 is 0 Å². The zero-order valence-electron chi connectivity index (χ0n) is 13.1. The van der Waals surface area contributed by atoms with Gasteiger partial charge in [0, 0.05) is 22.9 Å². The number of ether oxygens (including phenoxy) is 1. The fourth-order valence-electron chi connectivity index (χ4n) is 4.32. The maximum absolute atomic E-state index is 6.13. The summed E-state index contributed by atoms with van der Waals surface area (Å²) >= 11 is 0. The van der Waals surface area contributed by atoms with Gasteiger partial charge in [0.15, 0.2) is 0 Å². The fraction of sp³-hybridized carbons (Fsp3) is 0.400. The topological polar surface area (TPSA) is 34.4 Å². The average molecular weight is 307 g/mol. The lowest BCUT2D eigenvalue weighted by atomic mass is 9.93. The Labute approximate surface area is 135 Å². The molecule has 3 atom stereocenters. The van der Waals surface area contributed by atoms with E-state index in [1.807, 2.05) is 24.3 Å². The van der Waals surface area contributed by atoms with Crippen molar-refractivity contribution >= 4 is 21.9 Å². The minimum Gasteiger partial charge on any atom is -0.493 e. The van der Waals surface area contributed by atoms with Crippen LogP contribution in [0.5, 0.6) is 5.75 Å². The van der Waals surface area contributed by atoms with Gasteiger partial charge in [-0.15, -0.1) is 0 Å². The SMILES string of the molecule is c1ccc2c(c1)oc1ccc(OCC3C[C@H]4CC[C@@H](C3)N4)cc12. The Kier molecular flexibility index (Phi) is 3.08. The molecule has 0 spiro atoms. The molecule has 0 saturated carbocycles. The molecule has 3 heteroatoms. The number of nitrogens with one attached hydrogen (secondary N) is 1. The van der Waals surface area contributed by atoms with Crippen LogP contribution < -0.4 is 10.1 Å².